The van der Waals surface area contributed by atoms with Crippen molar-refractivity contribution < 1.29 is 20.1 Å². The fourth-order valence-corrected chi connectivity index (χ4v) is 9.59. The maximum atomic E-state index is 12.3. The number of aliphatic carboxylic acids is 1. The second kappa shape index (κ2) is 6.70. The van der Waals surface area contributed by atoms with Gasteiger partial charge in [-0.15, -0.1) is 0 Å². The molecule has 5 rings (SSSR count). The van der Waals surface area contributed by atoms with E-state index in [9.17, 15) is 20.1 Å². The van der Waals surface area contributed by atoms with Crippen molar-refractivity contribution in [2.24, 2.45) is 33.5 Å². The summed E-state index contributed by atoms with van der Waals surface area (Å²) in [6, 6.07) is 1.85. The molecule has 1 aromatic carbocycles. The Kier molecular flexibility index (Phi) is 4.68. The Morgan fingerprint density at radius 2 is 1.52 bits per heavy atom. The van der Waals surface area contributed by atoms with Gasteiger partial charge < -0.3 is 15.3 Å². The van der Waals surface area contributed by atoms with Gasteiger partial charge in [-0.3, -0.25) is 4.79 Å². The van der Waals surface area contributed by atoms with Crippen LogP contribution in [0.1, 0.15) is 103 Å². The first-order valence-electron chi connectivity index (χ1n) is 13.0. The monoisotopic (exact) mass is 454 g/mol. The topological polar surface area (TPSA) is 77.8 Å². The lowest BCUT2D eigenvalue weighted by atomic mass is 9.32. The first kappa shape index (κ1) is 23.1. The van der Waals surface area contributed by atoms with Crippen LogP contribution < -0.4 is 0 Å². The van der Waals surface area contributed by atoms with E-state index in [-0.39, 0.29) is 33.2 Å². The number of hydrogen-bond acceptors (Lipinski definition) is 3. The molecule has 0 unspecified atom stereocenters. The largest absolute Gasteiger partial charge is 0.504 e. The molecule has 3 fully saturated rings. The molecule has 0 bridgehead atoms. The molecule has 4 aliphatic carbocycles. The van der Waals surface area contributed by atoms with Crippen LogP contribution in [-0.4, -0.2) is 21.3 Å². The first-order valence-corrected chi connectivity index (χ1v) is 13.0. The van der Waals surface area contributed by atoms with E-state index in [0.717, 1.165) is 50.5 Å². The molecule has 3 saturated carbocycles. The third-order valence-corrected chi connectivity index (χ3v) is 12.2. The molecule has 0 amide bonds. The number of phenols is 2. The maximum absolute atomic E-state index is 12.3. The Balaban J connectivity index is 1.61. The van der Waals surface area contributed by atoms with Crippen molar-refractivity contribution in [2.45, 2.75) is 105 Å². The number of benzene rings is 1. The van der Waals surface area contributed by atoms with Crippen molar-refractivity contribution in [3.8, 4) is 11.5 Å². The SMILES string of the molecule is Cc1c(O)c(O)cc2c1CC[C@H]1[C@@]2(C)CC[C@@]2(C)[C@@H]3C[C@](C)(C(=O)O)CC[C@]3(C)CC[C@]12C. The van der Waals surface area contributed by atoms with E-state index in [1.165, 1.54) is 24.0 Å². The van der Waals surface area contributed by atoms with Crippen LogP contribution in [-0.2, 0) is 16.6 Å². The molecular formula is C29H42O4. The lowest BCUT2D eigenvalue weighted by Gasteiger charge is -2.72. The summed E-state index contributed by atoms with van der Waals surface area (Å²) < 4.78 is 0. The zero-order valence-corrected chi connectivity index (χ0v) is 21.3. The van der Waals surface area contributed by atoms with Gasteiger partial charge in [-0.1, -0.05) is 27.7 Å². The predicted octanol–water partition coefficient (Wildman–Crippen LogP) is 6.72. The summed E-state index contributed by atoms with van der Waals surface area (Å²) in [6.07, 6.45) is 9.15. The van der Waals surface area contributed by atoms with Gasteiger partial charge in [-0.05, 0) is 128 Å². The second-order valence-corrected chi connectivity index (χ2v) is 13.5. The molecule has 0 heterocycles. The molecule has 182 valence electrons. The number of carboxylic acids is 1. The van der Waals surface area contributed by atoms with E-state index < -0.39 is 11.4 Å². The second-order valence-electron chi connectivity index (χ2n) is 13.5. The van der Waals surface area contributed by atoms with Gasteiger partial charge in [0.05, 0.1) is 5.41 Å². The Morgan fingerprint density at radius 3 is 2.18 bits per heavy atom. The fourth-order valence-electron chi connectivity index (χ4n) is 9.59. The molecule has 1 aromatic rings. The van der Waals surface area contributed by atoms with Crippen molar-refractivity contribution in [1.82, 2.24) is 0 Å². The van der Waals surface area contributed by atoms with Gasteiger partial charge in [-0.2, -0.15) is 0 Å². The van der Waals surface area contributed by atoms with Crippen LogP contribution in [0, 0.1) is 40.4 Å². The van der Waals surface area contributed by atoms with Crippen LogP contribution in [0.15, 0.2) is 6.07 Å². The van der Waals surface area contributed by atoms with Gasteiger partial charge >= 0.3 is 5.97 Å². The summed E-state index contributed by atoms with van der Waals surface area (Å²) in [7, 11) is 0. The summed E-state index contributed by atoms with van der Waals surface area (Å²) in [5, 5.41) is 31.0. The molecular weight excluding hydrogens is 412 g/mol. The number of carboxylic acid groups (broad SMARTS) is 1. The number of hydrogen-bond donors (Lipinski definition) is 3. The van der Waals surface area contributed by atoms with Gasteiger partial charge in [0.1, 0.15) is 0 Å². The summed E-state index contributed by atoms with van der Waals surface area (Å²) in [5.41, 5.74) is 3.11. The summed E-state index contributed by atoms with van der Waals surface area (Å²) in [5.74, 6) is 0.318. The fraction of sp³-hybridized carbons (Fsp3) is 0.759. The van der Waals surface area contributed by atoms with E-state index in [4.69, 9.17) is 0 Å². The Morgan fingerprint density at radius 1 is 0.909 bits per heavy atom. The van der Waals surface area contributed by atoms with Crippen LogP contribution >= 0.6 is 0 Å². The summed E-state index contributed by atoms with van der Waals surface area (Å²) in [4.78, 5) is 12.3. The molecule has 4 aliphatic rings. The lowest BCUT2D eigenvalue weighted by Crippen LogP contribution is -2.65. The van der Waals surface area contributed by atoms with Crippen molar-refractivity contribution in [3.05, 3.63) is 22.8 Å². The van der Waals surface area contributed by atoms with Crippen molar-refractivity contribution in [3.63, 3.8) is 0 Å². The van der Waals surface area contributed by atoms with E-state index in [2.05, 4.69) is 27.7 Å². The molecule has 4 heteroatoms. The smallest absolute Gasteiger partial charge is 0.309 e. The van der Waals surface area contributed by atoms with Gasteiger partial charge in [-0.25, -0.2) is 0 Å². The third kappa shape index (κ3) is 2.73. The molecule has 0 radical (unpaired) electrons. The number of rotatable bonds is 1. The minimum Gasteiger partial charge on any atom is -0.504 e. The minimum absolute atomic E-state index is 0.00679. The van der Waals surface area contributed by atoms with Gasteiger partial charge in [0.2, 0.25) is 0 Å². The van der Waals surface area contributed by atoms with Crippen LogP contribution in [0.5, 0.6) is 11.5 Å². The Bertz CT molecular complexity index is 1030. The van der Waals surface area contributed by atoms with E-state index in [1.54, 1.807) is 0 Å². The zero-order chi connectivity index (χ0) is 24.2. The van der Waals surface area contributed by atoms with Crippen LogP contribution in [0.3, 0.4) is 0 Å². The Hall–Kier alpha value is -1.71. The highest BCUT2D eigenvalue weighted by Crippen LogP contribution is 2.75. The molecule has 4 nitrogen and oxygen atoms in total. The Labute approximate surface area is 198 Å². The number of fused-ring (bicyclic) bond motifs is 7. The van der Waals surface area contributed by atoms with Crippen LogP contribution in [0.4, 0.5) is 0 Å². The molecule has 0 aromatic heterocycles. The van der Waals surface area contributed by atoms with E-state index in [1.807, 2.05) is 19.9 Å². The maximum Gasteiger partial charge on any atom is 0.309 e. The van der Waals surface area contributed by atoms with Crippen molar-refractivity contribution in [2.75, 3.05) is 0 Å². The van der Waals surface area contributed by atoms with Gasteiger partial charge in [0, 0.05) is 0 Å². The third-order valence-electron chi connectivity index (χ3n) is 12.2. The van der Waals surface area contributed by atoms with Gasteiger partial charge in [0.15, 0.2) is 11.5 Å². The van der Waals surface area contributed by atoms with Crippen molar-refractivity contribution >= 4 is 5.97 Å². The van der Waals surface area contributed by atoms with Crippen LogP contribution in [0.25, 0.3) is 0 Å². The highest BCUT2D eigenvalue weighted by molar-refractivity contribution is 5.74. The highest BCUT2D eigenvalue weighted by atomic mass is 16.4. The molecule has 33 heavy (non-hydrogen) atoms. The number of carbonyl (C=O) groups is 1. The van der Waals surface area contributed by atoms with Crippen molar-refractivity contribution in [1.29, 1.82) is 0 Å². The number of phenolic OH excluding ortho intramolecular Hbond substituents is 2. The first-order chi connectivity index (χ1) is 15.2. The molecule has 3 N–H and O–H groups in total. The lowest BCUT2D eigenvalue weighted by molar-refractivity contribution is -0.214. The molecule has 0 aliphatic heterocycles. The van der Waals surface area contributed by atoms with Crippen LogP contribution in [0.2, 0.25) is 0 Å². The predicted molar refractivity (Wildman–Crippen MR) is 130 cm³/mol. The van der Waals surface area contributed by atoms with Gasteiger partial charge in [0.25, 0.3) is 0 Å². The molecule has 0 saturated heterocycles. The number of aromatic hydroxyl groups is 2. The average Bonchev–Trinajstić information content (AvgIpc) is 2.75. The summed E-state index contributed by atoms with van der Waals surface area (Å²) in [6.45, 7) is 13.8. The molecule has 7 atom stereocenters. The normalized spacial score (nSPS) is 46.5. The molecule has 0 spiro atoms. The standard InChI is InChI=1S/C29H42O4/c1-17-18-7-8-21-27(4,19(18)15-20(30)23(17)31)12-14-29(6)22-16-26(3,24(32)33)10-9-25(22,2)11-13-28(21,29)5/h15,21-22,30-31H,7-14,16H2,1-6H3,(H,32,33)/t21-,22+,25+,26+,27-,28+,29-/m0/s1. The highest BCUT2D eigenvalue weighted by Gasteiger charge is 2.68. The quantitative estimate of drug-likeness (QED) is 0.411. The average molecular weight is 455 g/mol. The van der Waals surface area contributed by atoms with E-state index in [0.29, 0.717) is 11.8 Å². The summed E-state index contributed by atoms with van der Waals surface area (Å²) >= 11 is 0. The minimum atomic E-state index is -0.626. The van der Waals surface area contributed by atoms with E-state index >= 15 is 0 Å². The zero-order valence-electron chi connectivity index (χ0n) is 21.3.